The number of aromatic nitrogens is 3. The van der Waals surface area contributed by atoms with Gasteiger partial charge in [0.1, 0.15) is 12.7 Å². The molecule has 4 aromatic rings. The van der Waals surface area contributed by atoms with E-state index < -0.39 is 0 Å². The van der Waals surface area contributed by atoms with Gasteiger partial charge in [0.05, 0.1) is 10.2 Å². The van der Waals surface area contributed by atoms with E-state index in [4.69, 9.17) is 4.98 Å². The van der Waals surface area contributed by atoms with Crippen molar-refractivity contribution >= 4 is 32.6 Å². The van der Waals surface area contributed by atoms with Crippen LogP contribution in [0.2, 0.25) is 0 Å². The Morgan fingerprint density at radius 2 is 1.93 bits per heavy atom. The third-order valence-corrected chi connectivity index (χ3v) is 5.74. The fourth-order valence-corrected chi connectivity index (χ4v) is 4.17. The molecule has 3 aromatic heterocycles. The van der Waals surface area contributed by atoms with E-state index >= 15 is 0 Å². The maximum Gasteiger partial charge on any atom is 0.287 e. The Morgan fingerprint density at radius 1 is 1.15 bits per heavy atom. The third kappa shape index (κ3) is 3.32. The topological polar surface area (TPSA) is 21.2 Å². The molecule has 138 valence electrons. The number of pyridine rings is 2. The van der Waals surface area contributed by atoms with Crippen LogP contribution in [0, 0.1) is 0 Å². The highest BCUT2D eigenvalue weighted by molar-refractivity contribution is 9.10. The van der Waals surface area contributed by atoms with Gasteiger partial charge in [-0.3, -0.25) is 4.98 Å². The minimum Gasteiger partial charge on any atom is -1.00 e. The first-order chi connectivity index (χ1) is 12.7. The normalized spacial score (nSPS) is 13.9. The van der Waals surface area contributed by atoms with Crippen LogP contribution in [-0.4, -0.2) is 9.38 Å². The SMILES string of the molecule is CCc1nc(C2CC2)cc2c1[n+](Cc1ccccc1)c1ccc(Br)cn21.[Br-]. The van der Waals surface area contributed by atoms with E-state index in [9.17, 15) is 0 Å². The maximum atomic E-state index is 5.06. The van der Waals surface area contributed by atoms with E-state index in [0.717, 1.165) is 17.4 Å². The monoisotopic (exact) mass is 485 g/mol. The van der Waals surface area contributed by atoms with E-state index in [-0.39, 0.29) is 17.0 Å². The van der Waals surface area contributed by atoms with Crippen LogP contribution in [0.15, 0.2) is 59.2 Å². The zero-order chi connectivity index (χ0) is 17.7. The second-order valence-corrected chi connectivity index (χ2v) is 8.05. The van der Waals surface area contributed by atoms with Gasteiger partial charge in [-0.2, -0.15) is 4.40 Å². The molecule has 5 rings (SSSR count). The van der Waals surface area contributed by atoms with Crippen molar-refractivity contribution in [3.05, 3.63) is 76.2 Å². The Morgan fingerprint density at radius 3 is 2.63 bits per heavy atom. The highest BCUT2D eigenvalue weighted by Gasteiger charge is 2.30. The fourth-order valence-electron chi connectivity index (χ4n) is 3.83. The van der Waals surface area contributed by atoms with Gasteiger partial charge in [-0.15, -0.1) is 0 Å². The number of nitrogens with zero attached hydrogens (tertiary/aromatic N) is 3. The van der Waals surface area contributed by atoms with E-state index in [0.29, 0.717) is 5.92 Å². The molecule has 0 N–H and O–H groups in total. The second-order valence-electron chi connectivity index (χ2n) is 7.14. The Balaban J connectivity index is 0.00000180. The third-order valence-electron chi connectivity index (χ3n) is 5.28. The largest absolute Gasteiger partial charge is 1.00 e. The highest BCUT2D eigenvalue weighted by atomic mass is 79.9. The summed E-state index contributed by atoms with van der Waals surface area (Å²) in [4.78, 5) is 5.06. The average Bonchev–Trinajstić information content (AvgIpc) is 3.47. The summed E-state index contributed by atoms with van der Waals surface area (Å²) >= 11 is 3.64. The van der Waals surface area contributed by atoms with Gasteiger partial charge in [0.2, 0.25) is 0 Å². The molecule has 5 heteroatoms. The highest BCUT2D eigenvalue weighted by Crippen LogP contribution is 2.40. The quantitative estimate of drug-likeness (QED) is 0.404. The molecule has 3 heterocycles. The first-order valence-electron chi connectivity index (χ1n) is 9.31. The van der Waals surface area contributed by atoms with Crippen LogP contribution in [0.1, 0.15) is 42.6 Å². The Bertz CT molecular complexity index is 1120. The lowest BCUT2D eigenvalue weighted by atomic mass is 10.1. The molecule has 0 radical (unpaired) electrons. The van der Waals surface area contributed by atoms with Crippen molar-refractivity contribution in [2.45, 2.75) is 38.6 Å². The molecular weight excluding hydrogens is 466 g/mol. The lowest BCUT2D eigenvalue weighted by Crippen LogP contribution is -3.00. The number of rotatable bonds is 4. The van der Waals surface area contributed by atoms with Gasteiger partial charge in [0.15, 0.2) is 11.0 Å². The van der Waals surface area contributed by atoms with Crippen molar-refractivity contribution in [1.29, 1.82) is 0 Å². The fraction of sp³-hybridized carbons (Fsp3) is 0.273. The number of hydrogen-bond acceptors (Lipinski definition) is 1. The van der Waals surface area contributed by atoms with Crippen LogP contribution < -0.4 is 21.5 Å². The Hall–Kier alpha value is -1.72. The number of imidazole rings is 1. The second kappa shape index (κ2) is 7.36. The summed E-state index contributed by atoms with van der Waals surface area (Å²) in [6, 6.07) is 17.3. The summed E-state index contributed by atoms with van der Waals surface area (Å²) in [5, 5.41) is 0. The molecule has 1 fully saturated rings. The van der Waals surface area contributed by atoms with E-state index in [1.54, 1.807) is 0 Å². The zero-order valence-corrected chi connectivity index (χ0v) is 18.4. The molecule has 1 aliphatic carbocycles. The summed E-state index contributed by atoms with van der Waals surface area (Å²) < 4.78 is 5.82. The van der Waals surface area contributed by atoms with Gasteiger partial charge >= 0.3 is 0 Å². The number of fused-ring (bicyclic) bond motifs is 3. The van der Waals surface area contributed by atoms with Crippen molar-refractivity contribution in [3.63, 3.8) is 0 Å². The molecule has 1 saturated carbocycles. The van der Waals surface area contributed by atoms with Crippen molar-refractivity contribution in [1.82, 2.24) is 9.38 Å². The Kier molecular flexibility index (Phi) is 5.08. The summed E-state index contributed by atoms with van der Waals surface area (Å²) in [6.07, 6.45) is 5.68. The molecule has 0 amide bonds. The molecule has 0 aliphatic heterocycles. The van der Waals surface area contributed by atoms with Gasteiger partial charge in [-0.25, -0.2) is 4.57 Å². The first-order valence-corrected chi connectivity index (χ1v) is 10.1. The van der Waals surface area contributed by atoms with Gasteiger partial charge in [-0.05, 0) is 46.8 Å². The molecule has 0 saturated heterocycles. The lowest BCUT2D eigenvalue weighted by Gasteiger charge is -2.04. The number of benzene rings is 1. The van der Waals surface area contributed by atoms with Crippen molar-refractivity contribution in [2.75, 3.05) is 0 Å². The smallest absolute Gasteiger partial charge is 0.287 e. The van der Waals surface area contributed by atoms with E-state index in [1.807, 2.05) is 0 Å². The first kappa shape index (κ1) is 18.6. The van der Waals surface area contributed by atoms with Gasteiger partial charge in [0.25, 0.3) is 5.65 Å². The summed E-state index contributed by atoms with van der Waals surface area (Å²) in [5.74, 6) is 0.657. The molecule has 0 spiro atoms. The summed E-state index contributed by atoms with van der Waals surface area (Å²) in [6.45, 7) is 3.07. The van der Waals surface area contributed by atoms with Gasteiger partial charge in [-0.1, -0.05) is 37.3 Å². The number of hydrogen-bond donors (Lipinski definition) is 0. The summed E-state index contributed by atoms with van der Waals surface area (Å²) in [7, 11) is 0. The predicted molar refractivity (Wildman–Crippen MR) is 107 cm³/mol. The van der Waals surface area contributed by atoms with Crippen LogP contribution in [0.25, 0.3) is 16.7 Å². The van der Waals surface area contributed by atoms with Crippen molar-refractivity contribution < 1.29 is 21.5 Å². The maximum absolute atomic E-state index is 5.06. The van der Waals surface area contributed by atoms with Crippen LogP contribution in [-0.2, 0) is 13.0 Å². The van der Waals surface area contributed by atoms with Crippen LogP contribution in [0.5, 0.6) is 0 Å². The van der Waals surface area contributed by atoms with E-state index in [1.165, 1.54) is 46.5 Å². The van der Waals surface area contributed by atoms with E-state index in [2.05, 4.69) is 86.5 Å². The molecule has 0 unspecified atom stereocenters. The molecule has 0 atom stereocenters. The molecule has 27 heavy (non-hydrogen) atoms. The average molecular weight is 487 g/mol. The summed E-state index contributed by atoms with van der Waals surface area (Å²) in [5.41, 5.74) is 7.52. The van der Waals surface area contributed by atoms with Crippen molar-refractivity contribution in [3.8, 4) is 0 Å². The van der Waals surface area contributed by atoms with Gasteiger partial charge in [0, 0.05) is 23.7 Å². The lowest BCUT2D eigenvalue weighted by molar-refractivity contribution is -0.636. The zero-order valence-electron chi connectivity index (χ0n) is 15.2. The molecule has 1 aliphatic rings. The minimum atomic E-state index is 0. The molecule has 3 nitrogen and oxygen atoms in total. The van der Waals surface area contributed by atoms with Gasteiger partial charge < -0.3 is 17.0 Å². The standard InChI is InChI=1S/C22H21BrN3.BrH/c1-2-18-22-20(12-19(24-18)16-8-9-16)25-14-17(23)10-11-21(25)26(22)13-15-6-4-3-5-7-15;/h3-7,10-12,14,16H,2,8-9,13H2,1H3;1H/q+1;/p-1. The number of aryl methyl sites for hydroxylation is 1. The van der Waals surface area contributed by atoms with Crippen LogP contribution in [0.4, 0.5) is 0 Å². The van der Waals surface area contributed by atoms with Crippen LogP contribution >= 0.6 is 15.9 Å². The molecular formula is C22H21Br2N3. The molecule has 0 bridgehead atoms. The predicted octanol–water partition coefficient (Wildman–Crippen LogP) is 2.03. The van der Waals surface area contributed by atoms with Crippen molar-refractivity contribution in [2.24, 2.45) is 0 Å². The molecule has 1 aromatic carbocycles. The minimum absolute atomic E-state index is 0. The van der Waals surface area contributed by atoms with Crippen LogP contribution in [0.3, 0.4) is 0 Å². The Labute approximate surface area is 178 Å². The number of halogens is 2.